The van der Waals surface area contributed by atoms with E-state index >= 15 is 0 Å². The summed E-state index contributed by atoms with van der Waals surface area (Å²) < 4.78 is 2.25. The van der Waals surface area contributed by atoms with E-state index in [9.17, 15) is 4.79 Å². The number of hydrogen-bond acceptors (Lipinski definition) is 2. The molecule has 1 aliphatic carbocycles. The number of carbonyl (C=O) groups is 1. The van der Waals surface area contributed by atoms with E-state index in [1.54, 1.807) is 0 Å². The fraction of sp³-hybridized carbons (Fsp3) is 0.476. The van der Waals surface area contributed by atoms with Gasteiger partial charge in [-0.3, -0.25) is 4.79 Å². The molecule has 3 rings (SSSR count). The molecule has 3 N–H and O–H groups in total. The van der Waals surface area contributed by atoms with Crippen molar-refractivity contribution in [2.24, 2.45) is 5.73 Å². The summed E-state index contributed by atoms with van der Waals surface area (Å²) in [7, 11) is 0. The van der Waals surface area contributed by atoms with Crippen LogP contribution in [0.3, 0.4) is 0 Å². The Morgan fingerprint density at radius 2 is 1.77 bits per heavy atom. The molecule has 1 fully saturated rings. The van der Waals surface area contributed by atoms with Crippen LogP contribution >= 0.6 is 12.4 Å². The van der Waals surface area contributed by atoms with Crippen LogP contribution in [0.5, 0.6) is 0 Å². The second kappa shape index (κ2) is 8.74. The number of nitrogens with two attached hydrogens (primary N) is 1. The minimum atomic E-state index is 0. The van der Waals surface area contributed by atoms with Crippen molar-refractivity contribution in [2.75, 3.05) is 0 Å². The number of aromatic nitrogens is 1. The summed E-state index contributed by atoms with van der Waals surface area (Å²) >= 11 is 0. The molecule has 2 aromatic rings. The standard InChI is InChI=1S/C21H29N3O.ClH/c1-14-13-20(21(25)23-19-11-9-18(22)10-12-19)16(3)24(14)15(2)17-7-5-4-6-8-17;/h4-8,13,15,18-19H,9-12,22H2,1-3H3,(H,23,25);1H. The topological polar surface area (TPSA) is 60.1 Å². The van der Waals surface area contributed by atoms with Crippen LogP contribution in [0.2, 0.25) is 0 Å². The lowest BCUT2D eigenvalue weighted by molar-refractivity contribution is 0.0925. The Labute approximate surface area is 162 Å². The molecule has 142 valence electrons. The van der Waals surface area contributed by atoms with Crippen molar-refractivity contribution >= 4 is 18.3 Å². The zero-order valence-electron chi connectivity index (χ0n) is 15.9. The summed E-state index contributed by atoms with van der Waals surface area (Å²) in [5.41, 5.74) is 10.1. The van der Waals surface area contributed by atoms with Crippen molar-refractivity contribution in [3.05, 3.63) is 58.9 Å². The number of nitrogens with one attached hydrogen (secondary N) is 1. The normalized spacial score (nSPS) is 20.9. The summed E-state index contributed by atoms with van der Waals surface area (Å²) in [6, 6.07) is 13.2. The average molecular weight is 376 g/mol. The van der Waals surface area contributed by atoms with Gasteiger partial charge < -0.3 is 15.6 Å². The van der Waals surface area contributed by atoms with E-state index in [4.69, 9.17) is 5.73 Å². The number of nitrogens with zero attached hydrogens (tertiary/aromatic N) is 1. The minimum absolute atomic E-state index is 0. The third-order valence-corrected chi connectivity index (χ3v) is 5.51. The van der Waals surface area contributed by atoms with Crippen molar-refractivity contribution in [1.29, 1.82) is 0 Å². The van der Waals surface area contributed by atoms with Crippen LogP contribution in [0.15, 0.2) is 36.4 Å². The molecule has 1 aromatic heterocycles. The van der Waals surface area contributed by atoms with Gasteiger partial charge in [-0.05, 0) is 58.1 Å². The van der Waals surface area contributed by atoms with E-state index in [0.717, 1.165) is 42.6 Å². The third kappa shape index (κ3) is 4.30. The molecule has 4 nitrogen and oxygen atoms in total. The fourth-order valence-corrected chi connectivity index (χ4v) is 4.01. The number of rotatable bonds is 4. The molecular formula is C21H30ClN3O. The summed E-state index contributed by atoms with van der Waals surface area (Å²) in [4.78, 5) is 12.8. The number of carbonyl (C=O) groups excluding carboxylic acids is 1. The number of benzene rings is 1. The van der Waals surface area contributed by atoms with Crippen molar-refractivity contribution in [2.45, 2.75) is 64.6 Å². The lowest BCUT2D eigenvalue weighted by Crippen LogP contribution is -2.40. The number of halogens is 1. The second-order valence-electron chi connectivity index (χ2n) is 7.33. The molecule has 1 amide bonds. The number of aryl methyl sites for hydroxylation is 1. The van der Waals surface area contributed by atoms with Gasteiger partial charge >= 0.3 is 0 Å². The Morgan fingerprint density at radius 3 is 2.38 bits per heavy atom. The molecule has 0 saturated heterocycles. The molecular weight excluding hydrogens is 346 g/mol. The van der Waals surface area contributed by atoms with E-state index < -0.39 is 0 Å². The molecule has 26 heavy (non-hydrogen) atoms. The Hall–Kier alpha value is -1.78. The smallest absolute Gasteiger partial charge is 0.253 e. The van der Waals surface area contributed by atoms with Gasteiger partial charge in [0.05, 0.1) is 11.6 Å². The second-order valence-corrected chi connectivity index (χ2v) is 7.33. The zero-order chi connectivity index (χ0) is 18.0. The highest BCUT2D eigenvalue weighted by Crippen LogP contribution is 2.26. The van der Waals surface area contributed by atoms with Gasteiger partial charge in [-0.15, -0.1) is 12.4 Å². The first-order valence-corrected chi connectivity index (χ1v) is 9.27. The third-order valence-electron chi connectivity index (χ3n) is 5.51. The number of amides is 1. The van der Waals surface area contributed by atoms with Crippen LogP contribution in [-0.4, -0.2) is 22.6 Å². The van der Waals surface area contributed by atoms with Crippen LogP contribution in [-0.2, 0) is 0 Å². The lowest BCUT2D eigenvalue weighted by atomic mass is 9.91. The molecule has 1 heterocycles. The van der Waals surface area contributed by atoms with Gasteiger partial charge in [0.25, 0.3) is 5.91 Å². The molecule has 1 aromatic carbocycles. The Bertz CT molecular complexity index is 733. The van der Waals surface area contributed by atoms with Crippen LogP contribution in [0, 0.1) is 13.8 Å². The van der Waals surface area contributed by atoms with Gasteiger partial charge in [-0.25, -0.2) is 0 Å². The molecule has 0 radical (unpaired) electrons. The number of hydrogen-bond donors (Lipinski definition) is 2. The predicted molar refractivity (Wildman–Crippen MR) is 109 cm³/mol. The van der Waals surface area contributed by atoms with Crippen LogP contribution < -0.4 is 11.1 Å². The van der Waals surface area contributed by atoms with Gasteiger partial charge in [0.2, 0.25) is 0 Å². The van der Waals surface area contributed by atoms with Crippen molar-refractivity contribution in [1.82, 2.24) is 9.88 Å². The first-order valence-electron chi connectivity index (χ1n) is 9.27. The Kier molecular flexibility index (Phi) is 6.90. The van der Waals surface area contributed by atoms with Gasteiger partial charge in [0.1, 0.15) is 0 Å². The first-order chi connectivity index (χ1) is 12.0. The Morgan fingerprint density at radius 1 is 1.15 bits per heavy atom. The monoisotopic (exact) mass is 375 g/mol. The van der Waals surface area contributed by atoms with E-state index in [0.29, 0.717) is 6.04 Å². The SMILES string of the molecule is Cc1cc(C(=O)NC2CCC(N)CC2)c(C)n1C(C)c1ccccc1.Cl. The lowest BCUT2D eigenvalue weighted by Gasteiger charge is -2.26. The molecule has 0 aliphatic heterocycles. The van der Waals surface area contributed by atoms with Gasteiger partial charge in [0.15, 0.2) is 0 Å². The molecule has 1 aliphatic rings. The van der Waals surface area contributed by atoms with E-state index in [1.807, 2.05) is 19.1 Å². The van der Waals surface area contributed by atoms with E-state index in [1.165, 1.54) is 5.56 Å². The maximum absolute atomic E-state index is 12.8. The highest BCUT2D eigenvalue weighted by molar-refractivity contribution is 5.96. The summed E-state index contributed by atoms with van der Waals surface area (Å²) in [6.45, 7) is 6.29. The minimum Gasteiger partial charge on any atom is -0.349 e. The maximum atomic E-state index is 12.8. The maximum Gasteiger partial charge on any atom is 0.253 e. The van der Waals surface area contributed by atoms with Crippen molar-refractivity contribution < 1.29 is 4.79 Å². The molecule has 1 unspecified atom stereocenters. The van der Waals surface area contributed by atoms with Crippen LogP contribution in [0.1, 0.15) is 66.0 Å². The summed E-state index contributed by atoms with van der Waals surface area (Å²) in [5.74, 6) is 0.0417. The quantitative estimate of drug-likeness (QED) is 0.843. The molecule has 1 atom stereocenters. The van der Waals surface area contributed by atoms with Crippen molar-refractivity contribution in [3.8, 4) is 0 Å². The summed E-state index contributed by atoms with van der Waals surface area (Å²) in [6.07, 6.45) is 3.95. The van der Waals surface area contributed by atoms with Gasteiger partial charge in [-0.2, -0.15) is 0 Å². The first kappa shape index (κ1) is 20.5. The fourth-order valence-electron chi connectivity index (χ4n) is 4.01. The van der Waals surface area contributed by atoms with E-state index in [-0.39, 0.29) is 30.4 Å². The molecule has 0 bridgehead atoms. The highest BCUT2D eigenvalue weighted by Gasteiger charge is 2.24. The van der Waals surface area contributed by atoms with Crippen LogP contribution in [0.25, 0.3) is 0 Å². The molecule has 1 saturated carbocycles. The van der Waals surface area contributed by atoms with Crippen molar-refractivity contribution in [3.63, 3.8) is 0 Å². The molecule has 0 spiro atoms. The highest BCUT2D eigenvalue weighted by atomic mass is 35.5. The van der Waals surface area contributed by atoms with Crippen LogP contribution in [0.4, 0.5) is 0 Å². The van der Waals surface area contributed by atoms with Gasteiger partial charge in [0, 0.05) is 23.5 Å². The summed E-state index contributed by atoms with van der Waals surface area (Å²) in [5, 5.41) is 3.21. The van der Waals surface area contributed by atoms with E-state index in [2.05, 4.69) is 48.0 Å². The Balaban J connectivity index is 0.00000243. The van der Waals surface area contributed by atoms with Gasteiger partial charge in [-0.1, -0.05) is 30.3 Å². The largest absolute Gasteiger partial charge is 0.349 e. The predicted octanol–water partition coefficient (Wildman–Crippen LogP) is 4.14. The zero-order valence-corrected chi connectivity index (χ0v) is 16.7. The average Bonchev–Trinajstić information content (AvgIpc) is 2.91. The molecule has 5 heteroatoms.